The van der Waals surface area contributed by atoms with Crippen LogP contribution in [0.15, 0.2) is 67.3 Å². The Morgan fingerprint density at radius 3 is 2.71 bits per heavy atom. The van der Waals surface area contributed by atoms with Gasteiger partial charge in [0.25, 0.3) is 5.91 Å². The Labute approximate surface area is 125 Å². The van der Waals surface area contributed by atoms with E-state index in [9.17, 15) is 4.79 Å². The second-order valence-electron chi connectivity index (χ2n) is 4.73. The van der Waals surface area contributed by atoms with Crippen molar-refractivity contribution in [3.63, 3.8) is 0 Å². The summed E-state index contributed by atoms with van der Waals surface area (Å²) in [6, 6.07) is 17.0. The first-order valence-corrected chi connectivity index (χ1v) is 6.90. The topological polar surface area (TPSA) is 38.3 Å². The zero-order chi connectivity index (χ0) is 15.1. The lowest BCUT2D eigenvalue weighted by Crippen LogP contribution is -2.26. The van der Waals surface area contributed by atoms with Crippen LogP contribution in [0.2, 0.25) is 0 Å². The van der Waals surface area contributed by atoms with Gasteiger partial charge < -0.3 is 10.1 Å². The lowest BCUT2D eigenvalue weighted by Gasteiger charge is -2.14. The molecule has 2 aromatic rings. The Balaban J connectivity index is 2.04. The summed E-state index contributed by atoms with van der Waals surface area (Å²) in [4.78, 5) is 12.3. The highest BCUT2D eigenvalue weighted by atomic mass is 16.5. The first kappa shape index (κ1) is 14.9. The molecule has 0 unspecified atom stereocenters. The molecule has 0 radical (unpaired) electrons. The fraction of sp³-hybridized carbons (Fsp3) is 0.167. The van der Waals surface area contributed by atoms with Crippen LogP contribution in [0, 0.1) is 0 Å². The van der Waals surface area contributed by atoms with E-state index in [1.807, 2.05) is 43.3 Å². The largest absolute Gasteiger partial charge is 0.490 e. The lowest BCUT2D eigenvalue weighted by atomic mass is 10.1. The summed E-state index contributed by atoms with van der Waals surface area (Å²) in [5.74, 6) is 0.547. The Bertz CT molecular complexity index is 608. The molecule has 1 atom stereocenters. The zero-order valence-electron chi connectivity index (χ0n) is 12.1. The van der Waals surface area contributed by atoms with Crippen LogP contribution in [0.25, 0.3) is 0 Å². The number of hydrogen-bond acceptors (Lipinski definition) is 2. The molecule has 0 bridgehead atoms. The van der Waals surface area contributed by atoms with Gasteiger partial charge in [-0.2, -0.15) is 0 Å². The lowest BCUT2D eigenvalue weighted by molar-refractivity contribution is 0.0939. The van der Waals surface area contributed by atoms with Crippen molar-refractivity contribution in [2.45, 2.75) is 13.0 Å². The van der Waals surface area contributed by atoms with Crippen molar-refractivity contribution in [1.82, 2.24) is 5.32 Å². The normalized spacial score (nSPS) is 11.5. The molecular formula is C18H19NO2. The summed E-state index contributed by atoms with van der Waals surface area (Å²) >= 11 is 0. The third kappa shape index (κ3) is 4.21. The van der Waals surface area contributed by atoms with Gasteiger partial charge in [-0.25, -0.2) is 0 Å². The highest BCUT2D eigenvalue weighted by Crippen LogP contribution is 2.16. The molecule has 0 saturated heterocycles. The molecule has 0 aliphatic carbocycles. The number of hydrogen-bond donors (Lipinski definition) is 1. The summed E-state index contributed by atoms with van der Waals surface area (Å²) in [6.45, 7) is 5.99. The Morgan fingerprint density at radius 2 is 2.00 bits per heavy atom. The van der Waals surface area contributed by atoms with Gasteiger partial charge in [0.05, 0.1) is 6.04 Å². The van der Waals surface area contributed by atoms with E-state index in [2.05, 4.69) is 11.9 Å². The van der Waals surface area contributed by atoms with Gasteiger partial charge in [-0.05, 0) is 30.7 Å². The van der Waals surface area contributed by atoms with Gasteiger partial charge >= 0.3 is 0 Å². The molecule has 1 amide bonds. The Hall–Kier alpha value is -2.55. The van der Waals surface area contributed by atoms with Gasteiger partial charge in [0.2, 0.25) is 0 Å². The van der Waals surface area contributed by atoms with Gasteiger partial charge in [0.15, 0.2) is 0 Å². The molecule has 1 N–H and O–H groups in total. The highest BCUT2D eigenvalue weighted by Gasteiger charge is 2.11. The smallest absolute Gasteiger partial charge is 0.251 e. The van der Waals surface area contributed by atoms with Crippen molar-refractivity contribution in [2.75, 3.05) is 6.61 Å². The minimum Gasteiger partial charge on any atom is -0.490 e. The maximum Gasteiger partial charge on any atom is 0.251 e. The summed E-state index contributed by atoms with van der Waals surface area (Å²) in [5, 5.41) is 2.98. The Kier molecular flexibility index (Phi) is 5.16. The van der Waals surface area contributed by atoms with Crippen LogP contribution in [0.1, 0.15) is 28.9 Å². The first-order valence-electron chi connectivity index (χ1n) is 6.90. The minimum atomic E-state index is -0.115. The maximum absolute atomic E-state index is 12.3. The van der Waals surface area contributed by atoms with Gasteiger partial charge in [-0.1, -0.05) is 49.1 Å². The van der Waals surface area contributed by atoms with Crippen LogP contribution in [0.4, 0.5) is 0 Å². The third-order valence-electron chi connectivity index (χ3n) is 3.11. The van der Waals surface area contributed by atoms with Crippen LogP contribution < -0.4 is 10.1 Å². The van der Waals surface area contributed by atoms with Gasteiger partial charge in [-0.3, -0.25) is 4.79 Å². The molecule has 108 valence electrons. The third-order valence-corrected chi connectivity index (χ3v) is 3.11. The molecule has 3 nitrogen and oxygen atoms in total. The van der Waals surface area contributed by atoms with E-state index >= 15 is 0 Å². The standard InChI is InChI=1S/C18H19NO2/c1-3-12-21-17-11-7-10-16(13-17)18(20)19-14(2)15-8-5-4-6-9-15/h3-11,13-14H,1,12H2,2H3,(H,19,20)/t14-/m1/s1. The molecule has 0 aliphatic heterocycles. The average Bonchev–Trinajstić information content (AvgIpc) is 2.54. The van der Waals surface area contributed by atoms with E-state index in [-0.39, 0.29) is 11.9 Å². The SMILES string of the molecule is C=CCOc1cccc(C(=O)N[C@H](C)c2ccccc2)c1. The van der Waals surface area contributed by atoms with Gasteiger partial charge in [0.1, 0.15) is 12.4 Å². The van der Waals surface area contributed by atoms with Crippen molar-refractivity contribution in [2.24, 2.45) is 0 Å². The number of amides is 1. The Morgan fingerprint density at radius 1 is 1.24 bits per heavy atom. The minimum absolute atomic E-state index is 0.0450. The van der Waals surface area contributed by atoms with E-state index in [0.717, 1.165) is 5.56 Å². The second-order valence-corrected chi connectivity index (χ2v) is 4.73. The van der Waals surface area contributed by atoms with Crippen molar-refractivity contribution >= 4 is 5.91 Å². The number of ether oxygens (including phenoxy) is 1. The predicted molar refractivity (Wildman–Crippen MR) is 84.5 cm³/mol. The van der Waals surface area contributed by atoms with Crippen LogP contribution in [-0.4, -0.2) is 12.5 Å². The van der Waals surface area contributed by atoms with Crippen molar-refractivity contribution in [3.8, 4) is 5.75 Å². The van der Waals surface area contributed by atoms with Gasteiger partial charge in [-0.15, -0.1) is 0 Å². The molecule has 0 saturated carbocycles. The first-order chi connectivity index (χ1) is 10.2. The molecule has 0 fully saturated rings. The fourth-order valence-corrected chi connectivity index (χ4v) is 1.99. The quantitative estimate of drug-likeness (QED) is 0.819. The number of carbonyl (C=O) groups is 1. The summed E-state index contributed by atoms with van der Waals surface area (Å²) in [5.41, 5.74) is 1.66. The molecule has 0 heterocycles. The van der Waals surface area contributed by atoms with E-state index in [1.54, 1.807) is 24.3 Å². The van der Waals surface area contributed by atoms with Crippen molar-refractivity contribution in [3.05, 3.63) is 78.4 Å². The number of benzene rings is 2. The van der Waals surface area contributed by atoms with Crippen molar-refractivity contribution in [1.29, 1.82) is 0 Å². The van der Waals surface area contributed by atoms with Crippen LogP contribution in [-0.2, 0) is 0 Å². The highest BCUT2D eigenvalue weighted by molar-refractivity contribution is 5.94. The van der Waals surface area contributed by atoms with E-state index in [4.69, 9.17) is 4.74 Å². The van der Waals surface area contributed by atoms with E-state index in [0.29, 0.717) is 17.9 Å². The molecule has 0 aliphatic rings. The van der Waals surface area contributed by atoms with Crippen molar-refractivity contribution < 1.29 is 9.53 Å². The van der Waals surface area contributed by atoms with Crippen LogP contribution in [0.5, 0.6) is 5.75 Å². The summed E-state index contributed by atoms with van der Waals surface area (Å²) < 4.78 is 5.44. The number of rotatable bonds is 6. The zero-order valence-corrected chi connectivity index (χ0v) is 12.1. The van der Waals surface area contributed by atoms with Gasteiger partial charge in [0, 0.05) is 5.56 Å². The maximum atomic E-state index is 12.3. The van der Waals surface area contributed by atoms with E-state index in [1.165, 1.54) is 0 Å². The van der Waals surface area contributed by atoms with Crippen LogP contribution >= 0.6 is 0 Å². The molecule has 0 aromatic heterocycles. The molecule has 3 heteroatoms. The number of carbonyl (C=O) groups excluding carboxylic acids is 1. The van der Waals surface area contributed by atoms with Crippen LogP contribution in [0.3, 0.4) is 0 Å². The average molecular weight is 281 g/mol. The molecule has 0 spiro atoms. The monoisotopic (exact) mass is 281 g/mol. The second kappa shape index (κ2) is 7.29. The number of nitrogens with one attached hydrogen (secondary N) is 1. The summed E-state index contributed by atoms with van der Waals surface area (Å²) in [7, 11) is 0. The molecule has 21 heavy (non-hydrogen) atoms. The molecule has 2 rings (SSSR count). The molecular weight excluding hydrogens is 262 g/mol. The predicted octanol–water partition coefficient (Wildman–Crippen LogP) is 3.74. The van der Waals surface area contributed by atoms with E-state index < -0.39 is 0 Å². The summed E-state index contributed by atoms with van der Waals surface area (Å²) in [6.07, 6.45) is 1.67. The fourth-order valence-electron chi connectivity index (χ4n) is 1.99. The molecule has 2 aromatic carbocycles.